The fraction of sp³-hybridized carbons (Fsp3) is 0.452. The van der Waals surface area contributed by atoms with E-state index in [0.717, 1.165) is 11.3 Å². The molecule has 1 aliphatic rings. The average Bonchev–Trinajstić information content (AvgIpc) is 3.23. The molecule has 1 atom stereocenters. The molecule has 0 radical (unpaired) electrons. The summed E-state index contributed by atoms with van der Waals surface area (Å²) in [6.45, 7) is 9.86. The summed E-state index contributed by atoms with van der Waals surface area (Å²) in [5, 5.41) is 9.90. The van der Waals surface area contributed by atoms with Crippen LogP contribution in [-0.2, 0) is 22.4 Å². The first-order valence-electron chi connectivity index (χ1n) is 13.5. The Morgan fingerprint density at radius 1 is 1.30 bits per heavy atom. The van der Waals surface area contributed by atoms with Crippen LogP contribution in [0.1, 0.15) is 75.1 Å². The molecule has 0 fully saturated rings. The number of aryl methyl sites for hydroxylation is 1. The Labute approximate surface area is 236 Å². The summed E-state index contributed by atoms with van der Waals surface area (Å²) in [7, 11) is 0. The summed E-state index contributed by atoms with van der Waals surface area (Å²) in [6, 6.07) is 4.31. The van der Waals surface area contributed by atoms with E-state index >= 15 is 0 Å². The number of nitrogens with zero attached hydrogens (tertiary/aromatic N) is 2. The van der Waals surface area contributed by atoms with Crippen LogP contribution < -0.4 is 10.5 Å². The van der Waals surface area contributed by atoms with Gasteiger partial charge in [-0.2, -0.15) is 0 Å². The number of ether oxygens (including phenoxy) is 1. The predicted octanol–water partition coefficient (Wildman–Crippen LogP) is 5.75. The van der Waals surface area contributed by atoms with Gasteiger partial charge in [-0.05, 0) is 83.2 Å². The van der Waals surface area contributed by atoms with Crippen molar-refractivity contribution >= 4 is 18.0 Å². The van der Waals surface area contributed by atoms with Crippen molar-refractivity contribution in [2.45, 2.75) is 71.9 Å². The quantitative estimate of drug-likeness (QED) is 0.206. The number of halogens is 1. The van der Waals surface area contributed by atoms with Crippen LogP contribution in [0.25, 0.3) is 6.08 Å². The molecule has 3 rings (SSSR count). The van der Waals surface area contributed by atoms with Gasteiger partial charge in [0.15, 0.2) is 6.04 Å². The number of hydrogen-bond acceptors (Lipinski definition) is 6. The Morgan fingerprint density at radius 3 is 2.67 bits per heavy atom. The lowest BCUT2D eigenvalue weighted by molar-refractivity contribution is -0.149. The first-order chi connectivity index (χ1) is 18.9. The molecule has 218 valence electrons. The van der Waals surface area contributed by atoms with Gasteiger partial charge in [-0.25, -0.2) is 9.78 Å². The van der Waals surface area contributed by atoms with Crippen LogP contribution in [0.2, 0.25) is 0 Å². The summed E-state index contributed by atoms with van der Waals surface area (Å²) in [5.41, 5.74) is 7.57. The minimum Gasteiger partial charge on any atom is -0.493 e. The molecule has 0 bridgehead atoms. The number of aromatic nitrogens is 1. The number of unbranched alkanes of at least 4 members (excludes halogenated alkanes) is 1. The third-order valence-electron chi connectivity index (χ3n) is 5.69. The monoisotopic (exact) mass is 555 g/mol. The Hall–Kier alpha value is -3.72. The van der Waals surface area contributed by atoms with Gasteiger partial charge in [-0.15, -0.1) is 0 Å². The number of carboxylic acid groups (broad SMARTS) is 1. The second kappa shape index (κ2) is 15.8. The maximum absolute atomic E-state index is 12.6. The van der Waals surface area contributed by atoms with Crippen molar-refractivity contribution in [2.75, 3.05) is 19.8 Å². The average molecular weight is 556 g/mol. The number of aliphatic carboxylic acids is 1. The van der Waals surface area contributed by atoms with E-state index in [1.165, 1.54) is 11.0 Å². The van der Waals surface area contributed by atoms with E-state index in [9.17, 15) is 19.1 Å². The second-order valence-electron chi connectivity index (χ2n) is 10.5. The lowest BCUT2D eigenvalue weighted by Crippen LogP contribution is -2.42. The standard InChI is InChI=1S/C27H31FN2O5.C4H11N/c1-3-4-6-10-25(31)30-16-13-20-11-12-21(18-22(20)26(30)27(32)33)34-17-14-23-19(2)35-24(29-23)9-7-5-8-15-28;1-4(2,3)5/h3-4,6-7,9-12,18,26H,5,8,13-17H2,1-2H3,(H,32,33);5H2,1-3H3/b4-3?,9-7+,10-6?;. The third kappa shape index (κ3) is 10.8. The Balaban J connectivity index is 0.00000103. The number of benzene rings is 1. The molecule has 8 nitrogen and oxygen atoms in total. The number of allylic oxidation sites excluding steroid dienone is 4. The molecule has 1 aromatic heterocycles. The molecule has 0 spiro atoms. The molecule has 1 unspecified atom stereocenters. The molecular weight excluding hydrogens is 513 g/mol. The molecular formula is C31H42FN3O5. The van der Waals surface area contributed by atoms with Gasteiger partial charge < -0.3 is 24.9 Å². The molecule has 1 aliphatic heterocycles. The highest BCUT2D eigenvalue weighted by Crippen LogP contribution is 2.33. The number of fused-ring (bicyclic) bond motifs is 1. The van der Waals surface area contributed by atoms with Crippen molar-refractivity contribution in [3.05, 3.63) is 77.1 Å². The topological polar surface area (TPSA) is 119 Å². The normalized spacial score (nSPS) is 15.4. The number of rotatable bonds is 11. The molecule has 2 heterocycles. The molecule has 9 heteroatoms. The number of amides is 1. The molecule has 0 saturated heterocycles. The zero-order valence-electron chi connectivity index (χ0n) is 24.2. The summed E-state index contributed by atoms with van der Waals surface area (Å²) < 4.78 is 23.7. The van der Waals surface area contributed by atoms with Crippen molar-refractivity contribution in [1.82, 2.24) is 9.88 Å². The number of carbonyl (C=O) groups excluding carboxylic acids is 1. The number of nitrogens with two attached hydrogens (primary N) is 1. The van der Waals surface area contributed by atoms with Crippen LogP contribution >= 0.6 is 0 Å². The minimum absolute atomic E-state index is 0. The van der Waals surface area contributed by atoms with E-state index in [1.807, 2.05) is 52.8 Å². The molecule has 2 aromatic rings. The zero-order valence-corrected chi connectivity index (χ0v) is 24.2. The van der Waals surface area contributed by atoms with Gasteiger partial charge in [0.2, 0.25) is 11.8 Å². The van der Waals surface area contributed by atoms with E-state index in [4.69, 9.17) is 14.9 Å². The molecule has 1 amide bonds. The van der Waals surface area contributed by atoms with Crippen LogP contribution in [0.15, 0.2) is 53.0 Å². The van der Waals surface area contributed by atoms with E-state index in [0.29, 0.717) is 61.8 Å². The predicted molar refractivity (Wildman–Crippen MR) is 155 cm³/mol. The van der Waals surface area contributed by atoms with Crippen molar-refractivity contribution in [1.29, 1.82) is 0 Å². The zero-order chi connectivity index (χ0) is 29.7. The van der Waals surface area contributed by atoms with Crippen LogP contribution in [0.3, 0.4) is 0 Å². The lowest BCUT2D eigenvalue weighted by atomic mass is 9.92. The van der Waals surface area contributed by atoms with Crippen LogP contribution in [0.4, 0.5) is 4.39 Å². The highest BCUT2D eigenvalue weighted by molar-refractivity contribution is 5.92. The van der Waals surface area contributed by atoms with Crippen LogP contribution in [-0.4, -0.2) is 52.2 Å². The van der Waals surface area contributed by atoms with Gasteiger partial charge >= 0.3 is 5.97 Å². The van der Waals surface area contributed by atoms with Gasteiger partial charge in [-0.3, -0.25) is 9.18 Å². The maximum Gasteiger partial charge on any atom is 0.331 e. The van der Waals surface area contributed by atoms with Crippen molar-refractivity contribution in [3.63, 3.8) is 0 Å². The smallest absolute Gasteiger partial charge is 0.331 e. The van der Waals surface area contributed by atoms with Crippen molar-refractivity contribution < 1.29 is 28.2 Å². The van der Waals surface area contributed by atoms with Gasteiger partial charge in [0.25, 0.3) is 0 Å². The lowest BCUT2D eigenvalue weighted by Gasteiger charge is -2.34. The molecule has 0 aliphatic carbocycles. The molecule has 3 N–H and O–H groups in total. The Bertz CT molecular complexity index is 1200. The highest BCUT2D eigenvalue weighted by atomic mass is 19.1. The largest absolute Gasteiger partial charge is 0.493 e. The van der Waals surface area contributed by atoms with Crippen molar-refractivity contribution in [3.8, 4) is 5.75 Å². The third-order valence-corrected chi connectivity index (χ3v) is 5.69. The molecule has 40 heavy (non-hydrogen) atoms. The second-order valence-corrected chi connectivity index (χ2v) is 10.5. The fourth-order valence-corrected chi connectivity index (χ4v) is 3.93. The van der Waals surface area contributed by atoms with Gasteiger partial charge in [0, 0.05) is 24.6 Å². The summed E-state index contributed by atoms with van der Waals surface area (Å²) >= 11 is 0. The van der Waals surface area contributed by atoms with Crippen LogP contribution in [0, 0.1) is 6.92 Å². The van der Waals surface area contributed by atoms with Gasteiger partial charge in [0.1, 0.15) is 11.5 Å². The first kappa shape index (κ1) is 32.5. The van der Waals surface area contributed by atoms with E-state index in [-0.39, 0.29) is 18.1 Å². The molecule has 0 saturated carbocycles. The summed E-state index contributed by atoms with van der Waals surface area (Å²) in [6.07, 6.45) is 12.3. The van der Waals surface area contributed by atoms with E-state index in [2.05, 4.69) is 4.98 Å². The maximum atomic E-state index is 12.6. The number of oxazole rings is 1. The number of alkyl halides is 1. The minimum atomic E-state index is -1.08. The van der Waals surface area contributed by atoms with Crippen LogP contribution in [0.5, 0.6) is 5.75 Å². The fourth-order valence-electron chi connectivity index (χ4n) is 3.93. The number of hydrogen-bond donors (Lipinski definition) is 2. The number of carboxylic acids is 1. The molecule has 1 aromatic carbocycles. The van der Waals surface area contributed by atoms with E-state index in [1.54, 1.807) is 30.4 Å². The van der Waals surface area contributed by atoms with Gasteiger partial charge in [-0.1, -0.05) is 30.4 Å². The van der Waals surface area contributed by atoms with E-state index < -0.39 is 12.0 Å². The number of carbonyl (C=O) groups is 2. The Morgan fingerprint density at radius 2 is 2.02 bits per heavy atom. The first-order valence-corrected chi connectivity index (χ1v) is 13.5. The van der Waals surface area contributed by atoms with Gasteiger partial charge in [0.05, 0.1) is 19.0 Å². The SMILES string of the molecule is CC(C)(C)N.CC=CC=CC(=O)N1CCc2ccc(OCCc3nc(/C=C/CCCF)oc3C)cc2C1C(=O)O. The van der Waals surface area contributed by atoms with Crippen molar-refractivity contribution in [2.24, 2.45) is 5.73 Å². The highest BCUT2D eigenvalue weighted by Gasteiger charge is 2.35. The summed E-state index contributed by atoms with van der Waals surface area (Å²) in [5.74, 6) is 0.268. The Kier molecular flexibility index (Phi) is 12.8. The summed E-state index contributed by atoms with van der Waals surface area (Å²) in [4.78, 5) is 30.5.